The van der Waals surface area contributed by atoms with Gasteiger partial charge in [-0.3, -0.25) is 19.3 Å². The number of rotatable bonds is 6. The minimum absolute atomic E-state index is 0.0989. The van der Waals surface area contributed by atoms with Crippen LogP contribution in [0.4, 0.5) is 11.4 Å². The molecule has 1 N–H and O–H groups in total. The number of anilines is 2. The Labute approximate surface area is 192 Å². The quantitative estimate of drug-likeness (QED) is 0.404. The van der Waals surface area contributed by atoms with Crippen LogP contribution in [-0.2, 0) is 25.5 Å². The number of hydrogen-bond acceptors (Lipinski definition) is 7. The number of aryl methyl sites for hydroxylation is 2. The second kappa shape index (κ2) is 9.28. The lowest BCUT2D eigenvalue weighted by Crippen LogP contribution is -2.60. The number of nitrogens with one attached hydrogen (secondary N) is 1. The van der Waals surface area contributed by atoms with Crippen LogP contribution in [0, 0.1) is 13.8 Å². The minimum Gasteiger partial charge on any atom is -0.453 e. The third kappa shape index (κ3) is 4.62. The van der Waals surface area contributed by atoms with Gasteiger partial charge in [0.1, 0.15) is 5.54 Å². The molecule has 0 unspecified atom stereocenters. The SMILES string of the molecule is CSc1nc(C)c(CCC(=O)O[C@H](C)C(=O)N2c3ccccc3NC(=O)C2(C)C)c(C)n1. The van der Waals surface area contributed by atoms with Gasteiger partial charge in [0.2, 0.25) is 5.91 Å². The van der Waals surface area contributed by atoms with Crippen molar-refractivity contribution >= 4 is 40.9 Å². The van der Waals surface area contributed by atoms with Gasteiger partial charge in [0.05, 0.1) is 11.4 Å². The van der Waals surface area contributed by atoms with Crippen molar-refractivity contribution in [2.75, 3.05) is 16.5 Å². The molecule has 2 aromatic rings. The number of nitrogens with zero attached hydrogens (tertiary/aromatic N) is 3. The summed E-state index contributed by atoms with van der Waals surface area (Å²) in [5, 5.41) is 3.51. The average Bonchev–Trinajstić information content (AvgIpc) is 2.73. The number of thioether (sulfide) groups is 1. The van der Waals surface area contributed by atoms with Crippen molar-refractivity contribution in [1.29, 1.82) is 0 Å². The zero-order valence-electron chi connectivity index (χ0n) is 19.2. The molecule has 0 aliphatic carbocycles. The molecule has 0 saturated carbocycles. The smallest absolute Gasteiger partial charge is 0.306 e. The van der Waals surface area contributed by atoms with E-state index in [2.05, 4.69) is 15.3 Å². The molecule has 1 atom stereocenters. The monoisotopic (exact) mass is 456 g/mol. The summed E-state index contributed by atoms with van der Waals surface area (Å²) in [5.74, 6) is -1.25. The molecule has 0 radical (unpaired) electrons. The van der Waals surface area contributed by atoms with E-state index in [0.717, 1.165) is 17.0 Å². The number of ether oxygens (including phenoxy) is 1. The van der Waals surface area contributed by atoms with E-state index in [1.165, 1.54) is 23.6 Å². The summed E-state index contributed by atoms with van der Waals surface area (Å²) < 4.78 is 5.45. The van der Waals surface area contributed by atoms with Crippen LogP contribution in [0.15, 0.2) is 29.4 Å². The lowest BCUT2D eigenvalue weighted by atomic mass is 9.95. The Kier molecular flexibility index (Phi) is 6.88. The van der Waals surface area contributed by atoms with Gasteiger partial charge in [-0.25, -0.2) is 9.97 Å². The molecule has 1 aromatic carbocycles. The Morgan fingerprint density at radius 2 is 1.81 bits per heavy atom. The molecule has 1 aromatic heterocycles. The fraction of sp³-hybridized carbons (Fsp3) is 0.435. The average molecular weight is 457 g/mol. The molecule has 0 bridgehead atoms. The highest BCUT2D eigenvalue weighted by molar-refractivity contribution is 7.98. The van der Waals surface area contributed by atoms with Crippen LogP contribution in [0.25, 0.3) is 0 Å². The summed E-state index contributed by atoms with van der Waals surface area (Å²) in [6.45, 7) is 8.63. The van der Waals surface area contributed by atoms with E-state index in [1.807, 2.05) is 20.1 Å². The number of esters is 1. The van der Waals surface area contributed by atoms with Crippen LogP contribution in [-0.4, -0.2) is 45.7 Å². The number of carbonyl (C=O) groups is 3. The lowest BCUT2D eigenvalue weighted by molar-refractivity contribution is -0.154. The molecule has 8 nitrogen and oxygen atoms in total. The van der Waals surface area contributed by atoms with Gasteiger partial charge in [-0.15, -0.1) is 0 Å². The van der Waals surface area contributed by atoms with Crippen molar-refractivity contribution in [2.24, 2.45) is 0 Å². The minimum atomic E-state index is -1.13. The summed E-state index contributed by atoms with van der Waals surface area (Å²) in [4.78, 5) is 48.6. The molecule has 2 heterocycles. The zero-order valence-corrected chi connectivity index (χ0v) is 20.0. The standard InChI is InChI=1S/C23H28N4O4S/c1-13-16(14(2)25-22(24-13)32-6)11-12-19(28)31-15(3)20(29)27-18-10-8-7-9-17(18)26-21(30)23(27,4)5/h7-10,15H,11-12H2,1-6H3,(H,26,30)/t15-/m1/s1. The van der Waals surface area contributed by atoms with Gasteiger partial charge in [-0.2, -0.15) is 0 Å². The van der Waals surface area contributed by atoms with Crippen LogP contribution in [0.2, 0.25) is 0 Å². The Hall–Kier alpha value is -2.94. The Balaban J connectivity index is 1.71. The van der Waals surface area contributed by atoms with Crippen molar-refractivity contribution in [2.45, 2.75) is 64.3 Å². The summed E-state index contributed by atoms with van der Waals surface area (Å²) in [6.07, 6.45) is 1.39. The van der Waals surface area contributed by atoms with Gasteiger partial charge in [-0.1, -0.05) is 23.9 Å². The Morgan fingerprint density at radius 3 is 2.44 bits per heavy atom. The van der Waals surface area contributed by atoms with Gasteiger partial charge in [0.15, 0.2) is 11.3 Å². The van der Waals surface area contributed by atoms with E-state index in [4.69, 9.17) is 4.74 Å². The van der Waals surface area contributed by atoms with Gasteiger partial charge in [0, 0.05) is 17.8 Å². The van der Waals surface area contributed by atoms with Gasteiger partial charge >= 0.3 is 5.97 Å². The molecule has 9 heteroatoms. The van der Waals surface area contributed by atoms with Crippen LogP contribution in [0.1, 0.15) is 44.1 Å². The Morgan fingerprint density at radius 1 is 1.19 bits per heavy atom. The summed E-state index contributed by atoms with van der Waals surface area (Å²) in [6, 6.07) is 7.06. The summed E-state index contributed by atoms with van der Waals surface area (Å²) in [7, 11) is 0. The number of para-hydroxylation sites is 2. The molecule has 1 aliphatic rings. The molecule has 0 spiro atoms. The number of benzene rings is 1. The fourth-order valence-corrected chi connectivity index (χ4v) is 4.18. The second-order valence-corrected chi connectivity index (χ2v) is 8.97. The molecule has 0 saturated heterocycles. The predicted octanol–water partition coefficient (Wildman–Crippen LogP) is 3.44. The number of fused-ring (bicyclic) bond motifs is 1. The maximum atomic E-state index is 13.3. The lowest BCUT2D eigenvalue weighted by Gasteiger charge is -2.42. The number of carbonyl (C=O) groups excluding carboxylic acids is 3. The fourth-order valence-electron chi connectivity index (χ4n) is 3.72. The van der Waals surface area contributed by atoms with Gasteiger partial charge in [0.25, 0.3) is 5.91 Å². The summed E-state index contributed by atoms with van der Waals surface area (Å²) >= 11 is 1.47. The Bertz CT molecular complexity index is 1050. The van der Waals surface area contributed by atoms with Crippen LogP contribution < -0.4 is 10.2 Å². The first kappa shape index (κ1) is 23.7. The maximum absolute atomic E-state index is 13.3. The summed E-state index contributed by atoms with van der Waals surface area (Å²) in [5.41, 5.74) is 2.55. The first-order valence-corrected chi connectivity index (χ1v) is 11.6. The van der Waals surface area contributed by atoms with Crippen molar-refractivity contribution in [3.63, 3.8) is 0 Å². The highest BCUT2D eigenvalue weighted by Crippen LogP contribution is 2.37. The molecule has 3 rings (SSSR count). The van der Waals surface area contributed by atoms with E-state index < -0.39 is 23.5 Å². The van der Waals surface area contributed by atoms with Crippen molar-refractivity contribution in [3.05, 3.63) is 41.2 Å². The number of amides is 2. The molecule has 2 amide bonds. The van der Waals surface area contributed by atoms with E-state index in [-0.39, 0.29) is 12.3 Å². The maximum Gasteiger partial charge on any atom is 0.306 e. The molecular formula is C23H28N4O4S. The molecule has 32 heavy (non-hydrogen) atoms. The number of hydrogen-bond donors (Lipinski definition) is 1. The third-order valence-electron chi connectivity index (χ3n) is 5.55. The van der Waals surface area contributed by atoms with E-state index in [9.17, 15) is 14.4 Å². The topological polar surface area (TPSA) is 101 Å². The molecular weight excluding hydrogens is 428 g/mol. The van der Waals surface area contributed by atoms with Crippen LogP contribution in [0.3, 0.4) is 0 Å². The third-order valence-corrected chi connectivity index (χ3v) is 6.09. The highest BCUT2D eigenvalue weighted by atomic mass is 32.2. The largest absolute Gasteiger partial charge is 0.453 e. The zero-order chi connectivity index (χ0) is 23.6. The van der Waals surface area contributed by atoms with Crippen LogP contribution in [0.5, 0.6) is 0 Å². The normalized spacial score (nSPS) is 15.6. The van der Waals surface area contributed by atoms with E-state index in [0.29, 0.717) is 23.0 Å². The highest BCUT2D eigenvalue weighted by Gasteiger charge is 2.45. The van der Waals surface area contributed by atoms with E-state index >= 15 is 0 Å². The predicted molar refractivity (Wildman–Crippen MR) is 124 cm³/mol. The van der Waals surface area contributed by atoms with Crippen LogP contribution >= 0.6 is 11.8 Å². The van der Waals surface area contributed by atoms with Crippen molar-refractivity contribution < 1.29 is 19.1 Å². The first-order valence-electron chi connectivity index (χ1n) is 10.4. The van der Waals surface area contributed by atoms with Crippen molar-refractivity contribution in [3.8, 4) is 0 Å². The van der Waals surface area contributed by atoms with Gasteiger partial charge in [-0.05, 0) is 65.0 Å². The second-order valence-electron chi connectivity index (χ2n) is 8.20. The van der Waals surface area contributed by atoms with Crippen molar-refractivity contribution in [1.82, 2.24) is 9.97 Å². The van der Waals surface area contributed by atoms with E-state index in [1.54, 1.807) is 38.1 Å². The molecule has 0 fully saturated rings. The molecule has 1 aliphatic heterocycles. The van der Waals surface area contributed by atoms with Gasteiger partial charge < -0.3 is 10.1 Å². The number of aromatic nitrogens is 2. The first-order chi connectivity index (χ1) is 15.1. The molecule has 170 valence electrons.